The number of carbonyl (C=O) groups excluding carboxylic acids is 2. The molecule has 2 amide bonds. The molecule has 0 aromatic heterocycles. The van der Waals surface area contributed by atoms with E-state index in [-0.39, 0.29) is 23.7 Å². The molecule has 0 bridgehead atoms. The average molecular weight is 502 g/mol. The number of thioether (sulfide) groups is 1. The standard InChI is InChI=1S/C23H17Cl2N3O2S2/c24-15-7-5-14(6-8-15)23-28(22(30)13-31-23)26-21(29)12-27-17-3-1-2-4-19(17)32-20-10-9-16(25)11-18(20)27/h1-11,23H,12-13H2,(H,26,29). The van der Waals surface area contributed by atoms with Gasteiger partial charge in [0.2, 0.25) is 0 Å². The molecule has 0 aliphatic carbocycles. The van der Waals surface area contributed by atoms with E-state index in [0.717, 1.165) is 26.7 Å². The van der Waals surface area contributed by atoms with Gasteiger partial charge in [-0.3, -0.25) is 15.0 Å². The molecule has 1 unspecified atom stereocenters. The fourth-order valence-corrected chi connectivity index (χ4v) is 6.18. The molecule has 2 aliphatic rings. The van der Waals surface area contributed by atoms with Gasteiger partial charge in [0.1, 0.15) is 11.9 Å². The lowest BCUT2D eigenvalue weighted by Crippen LogP contribution is -2.48. The number of hydrazine groups is 1. The molecule has 162 valence electrons. The number of para-hydroxylation sites is 1. The third-order valence-corrected chi connectivity index (χ3v) is 7.99. The maximum atomic E-state index is 13.1. The Morgan fingerprint density at radius 2 is 1.69 bits per heavy atom. The van der Waals surface area contributed by atoms with E-state index >= 15 is 0 Å². The van der Waals surface area contributed by atoms with E-state index in [0.29, 0.717) is 15.8 Å². The highest BCUT2D eigenvalue weighted by Gasteiger charge is 2.35. The lowest BCUT2D eigenvalue weighted by molar-refractivity contribution is -0.138. The minimum atomic E-state index is -0.297. The van der Waals surface area contributed by atoms with Crippen molar-refractivity contribution in [1.29, 1.82) is 0 Å². The molecule has 3 aromatic carbocycles. The number of nitrogens with zero attached hydrogens (tertiary/aromatic N) is 2. The Labute approximate surface area is 204 Å². The second kappa shape index (κ2) is 8.90. The van der Waals surface area contributed by atoms with Gasteiger partial charge in [-0.1, -0.05) is 59.2 Å². The molecule has 2 aliphatic heterocycles. The van der Waals surface area contributed by atoms with Crippen LogP contribution in [0.25, 0.3) is 0 Å². The quantitative estimate of drug-likeness (QED) is 0.482. The first kappa shape index (κ1) is 21.5. The van der Waals surface area contributed by atoms with Crippen LogP contribution < -0.4 is 10.3 Å². The second-order valence-corrected chi connectivity index (χ2v) is 10.3. The normalized spacial score (nSPS) is 17.2. The molecular weight excluding hydrogens is 485 g/mol. The number of hydrogen-bond donors (Lipinski definition) is 1. The number of anilines is 2. The zero-order valence-corrected chi connectivity index (χ0v) is 19.8. The van der Waals surface area contributed by atoms with Gasteiger partial charge in [0.25, 0.3) is 11.8 Å². The molecule has 1 fully saturated rings. The maximum Gasteiger partial charge on any atom is 0.258 e. The lowest BCUT2D eigenvalue weighted by atomic mass is 10.2. The van der Waals surface area contributed by atoms with Gasteiger partial charge < -0.3 is 4.90 Å². The summed E-state index contributed by atoms with van der Waals surface area (Å²) < 4.78 is 0. The molecule has 0 radical (unpaired) electrons. The average Bonchev–Trinajstić information content (AvgIpc) is 3.14. The van der Waals surface area contributed by atoms with Crippen LogP contribution >= 0.6 is 46.7 Å². The third-order valence-electron chi connectivity index (χ3n) is 5.16. The number of halogens is 2. The summed E-state index contributed by atoms with van der Waals surface area (Å²) in [7, 11) is 0. The molecular formula is C23H17Cl2N3O2S2. The number of nitrogens with one attached hydrogen (secondary N) is 1. The van der Waals surface area contributed by atoms with Crippen molar-refractivity contribution in [1.82, 2.24) is 10.4 Å². The summed E-state index contributed by atoms with van der Waals surface area (Å²) in [5, 5.41) is 2.34. The zero-order chi connectivity index (χ0) is 22.2. The van der Waals surface area contributed by atoms with Crippen molar-refractivity contribution in [3.8, 4) is 0 Å². The molecule has 0 spiro atoms. The van der Waals surface area contributed by atoms with Gasteiger partial charge in [0.15, 0.2) is 0 Å². The van der Waals surface area contributed by atoms with Gasteiger partial charge in [-0.2, -0.15) is 0 Å². The van der Waals surface area contributed by atoms with Gasteiger partial charge in [-0.25, -0.2) is 5.01 Å². The largest absolute Gasteiger partial charge is 0.330 e. The van der Waals surface area contributed by atoms with E-state index in [4.69, 9.17) is 23.2 Å². The topological polar surface area (TPSA) is 52.7 Å². The first-order valence-corrected chi connectivity index (χ1v) is 12.4. The molecule has 3 aromatic rings. The van der Waals surface area contributed by atoms with E-state index in [9.17, 15) is 9.59 Å². The number of carbonyl (C=O) groups is 2. The summed E-state index contributed by atoms with van der Waals surface area (Å²) in [5.74, 6) is -0.122. The predicted molar refractivity (Wildman–Crippen MR) is 131 cm³/mol. The van der Waals surface area contributed by atoms with Crippen LogP contribution in [0, 0.1) is 0 Å². The molecule has 0 saturated carbocycles. The molecule has 1 atom stereocenters. The minimum absolute atomic E-state index is 0.0483. The Kier molecular flexibility index (Phi) is 5.99. The van der Waals surface area contributed by atoms with Crippen molar-refractivity contribution in [2.24, 2.45) is 0 Å². The molecule has 2 heterocycles. The van der Waals surface area contributed by atoms with E-state index in [1.807, 2.05) is 59.5 Å². The Hall–Kier alpha value is -2.32. The number of rotatable bonds is 4. The number of benzene rings is 3. The zero-order valence-electron chi connectivity index (χ0n) is 16.6. The van der Waals surface area contributed by atoms with Crippen LogP contribution in [0.4, 0.5) is 11.4 Å². The monoisotopic (exact) mass is 501 g/mol. The summed E-state index contributed by atoms with van der Waals surface area (Å²) in [6, 6.07) is 20.9. The number of hydrogen-bond acceptors (Lipinski definition) is 5. The molecule has 32 heavy (non-hydrogen) atoms. The summed E-state index contributed by atoms with van der Waals surface area (Å²) in [6.07, 6.45) is 0. The highest BCUT2D eigenvalue weighted by atomic mass is 35.5. The SMILES string of the molecule is O=C(CN1c2ccccc2Sc2ccc(Cl)cc21)NN1C(=O)CSC1c1ccc(Cl)cc1. The van der Waals surface area contributed by atoms with Gasteiger partial charge >= 0.3 is 0 Å². The van der Waals surface area contributed by atoms with E-state index in [1.165, 1.54) is 16.8 Å². The van der Waals surface area contributed by atoms with Crippen molar-refractivity contribution >= 4 is 69.9 Å². The van der Waals surface area contributed by atoms with Crippen molar-refractivity contribution in [2.75, 3.05) is 17.2 Å². The van der Waals surface area contributed by atoms with Gasteiger partial charge in [0.05, 0.1) is 17.1 Å². The predicted octanol–water partition coefficient (Wildman–Crippen LogP) is 5.90. The Morgan fingerprint density at radius 1 is 0.969 bits per heavy atom. The summed E-state index contributed by atoms with van der Waals surface area (Å²) in [6.45, 7) is 0.0483. The van der Waals surface area contributed by atoms with Crippen molar-refractivity contribution in [3.63, 3.8) is 0 Å². The lowest BCUT2D eigenvalue weighted by Gasteiger charge is -2.33. The van der Waals surface area contributed by atoms with E-state index in [1.54, 1.807) is 23.9 Å². The van der Waals surface area contributed by atoms with E-state index in [2.05, 4.69) is 5.43 Å². The molecule has 1 saturated heterocycles. The van der Waals surface area contributed by atoms with Crippen LogP contribution in [0.15, 0.2) is 76.5 Å². The van der Waals surface area contributed by atoms with Crippen LogP contribution in [0.1, 0.15) is 10.9 Å². The third kappa shape index (κ3) is 4.18. The molecule has 1 N–H and O–H groups in total. The van der Waals surface area contributed by atoms with Crippen molar-refractivity contribution in [2.45, 2.75) is 15.2 Å². The fourth-order valence-electron chi connectivity index (χ4n) is 3.70. The molecule has 9 heteroatoms. The second-order valence-electron chi connectivity index (χ2n) is 7.28. The summed E-state index contributed by atoms with van der Waals surface area (Å²) in [4.78, 5) is 29.7. The van der Waals surface area contributed by atoms with Gasteiger partial charge in [-0.15, -0.1) is 11.8 Å². The van der Waals surface area contributed by atoms with Gasteiger partial charge in [0, 0.05) is 19.8 Å². The number of amides is 2. The minimum Gasteiger partial charge on any atom is -0.330 e. The van der Waals surface area contributed by atoms with E-state index < -0.39 is 0 Å². The highest BCUT2D eigenvalue weighted by Crippen LogP contribution is 2.48. The summed E-state index contributed by atoms with van der Waals surface area (Å²) >= 11 is 15.4. The Morgan fingerprint density at radius 3 is 2.50 bits per heavy atom. The van der Waals surface area contributed by atoms with Crippen molar-refractivity contribution < 1.29 is 9.59 Å². The summed E-state index contributed by atoms with van der Waals surface area (Å²) in [5.41, 5.74) is 5.53. The van der Waals surface area contributed by atoms with Crippen LogP contribution in [-0.4, -0.2) is 29.1 Å². The first-order valence-electron chi connectivity index (χ1n) is 9.82. The molecule has 5 rings (SSSR count). The molecule has 5 nitrogen and oxygen atoms in total. The Balaban J connectivity index is 1.40. The highest BCUT2D eigenvalue weighted by molar-refractivity contribution is 8.00. The van der Waals surface area contributed by atoms with Crippen LogP contribution in [-0.2, 0) is 9.59 Å². The fraction of sp³-hybridized carbons (Fsp3) is 0.130. The van der Waals surface area contributed by atoms with Crippen LogP contribution in [0.2, 0.25) is 10.0 Å². The van der Waals surface area contributed by atoms with Crippen LogP contribution in [0.5, 0.6) is 0 Å². The van der Waals surface area contributed by atoms with Gasteiger partial charge in [-0.05, 0) is 48.0 Å². The number of fused-ring (bicyclic) bond motifs is 2. The first-order chi connectivity index (χ1) is 15.5. The smallest absolute Gasteiger partial charge is 0.258 e. The van der Waals surface area contributed by atoms with Crippen molar-refractivity contribution in [3.05, 3.63) is 82.3 Å². The Bertz CT molecular complexity index is 1210. The maximum absolute atomic E-state index is 13.1. The van der Waals surface area contributed by atoms with Crippen LogP contribution in [0.3, 0.4) is 0 Å².